The number of carbonyl (C=O) groups is 1. The molecule has 3 aliphatic rings. The lowest BCUT2D eigenvalue weighted by molar-refractivity contribution is -0.131. The molecule has 0 aromatic carbocycles. The summed E-state index contributed by atoms with van der Waals surface area (Å²) in [5.74, 6) is 0.827. The van der Waals surface area contributed by atoms with E-state index in [1.807, 2.05) is 16.5 Å². The van der Waals surface area contributed by atoms with E-state index >= 15 is 0 Å². The van der Waals surface area contributed by atoms with E-state index in [1.165, 1.54) is 0 Å². The van der Waals surface area contributed by atoms with E-state index in [0.717, 1.165) is 55.8 Å². The van der Waals surface area contributed by atoms with E-state index in [0.29, 0.717) is 5.92 Å². The van der Waals surface area contributed by atoms with Crippen molar-refractivity contribution in [2.24, 2.45) is 5.92 Å². The maximum absolute atomic E-state index is 12.5. The van der Waals surface area contributed by atoms with Gasteiger partial charge < -0.3 is 9.64 Å². The van der Waals surface area contributed by atoms with Crippen LogP contribution in [0, 0.1) is 5.92 Å². The number of hydrogen-bond donors (Lipinski definition) is 0. The van der Waals surface area contributed by atoms with E-state index < -0.39 is 0 Å². The van der Waals surface area contributed by atoms with Crippen LogP contribution in [0.5, 0.6) is 0 Å². The number of likely N-dealkylation sites (tertiary alicyclic amines) is 1. The zero-order valence-corrected chi connectivity index (χ0v) is 12.8. The number of nitrogens with zero attached hydrogens (tertiary/aromatic N) is 2. The molecule has 112 valence electrons. The van der Waals surface area contributed by atoms with Crippen molar-refractivity contribution in [3.05, 3.63) is 28.2 Å². The standard InChI is InChI=1S/C16H20N2O2S/c19-16(11-3-1-2-4-11)18-7-5-12-9-13(20-14(12)10-18)15-17-6-8-21-15/h3,6,8,12-14H,1-2,4-5,7,9-10H2/t12-,13-,14+/m0/s1. The molecule has 4 nitrogen and oxygen atoms in total. The van der Waals surface area contributed by atoms with Gasteiger partial charge in [0.15, 0.2) is 0 Å². The highest BCUT2D eigenvalue weighted by atomic mass is 32.1. The Kier molecular flexibility index (Phi) is 3.55. The summed E-state index contributed by atoms with van der Waals surface area (Å²) in [4.78, 5) is 18.9. The van der Waals surface area contributed by atoms with Crippen LogP contribution in [0.4, 0.5) is 0 Å². The number of allylic oxidation sites excluding steroid dienone is 1. The molecule has 1 amide bonds. The van der Waals surface area contributed by atoms with Gasteiger partial charge in [-0.2, -0.15) is 0 Å². The lowest BCUT2D eigenvalue weighted by atomic mass is 9.91. The lowest BCUT2D eigenvalue weighted by Gasteiger charge is -2.34. The number of carbonyl (C=O) groups excluding carboxylic acids is 1. The quantitative estimate of drug-likeness (QED) is 0.843. The highest BCUT2D eigenvalue weighted by Crippen LogP contribution is 2.41. The van der Waals surface area contributed by atoms with E-state index in [4.69, 9.17) is 4.74 Å². The second-order valence-electron chi connectivity index (χ2n) is 6.19. The molecule has 21 heavy (non-hydrogen) atoms. The van der Waals surface area contributed by atoms with Gasteiger partial charge in [-0.25, -0.2) is 4.98 Å². The van der Waals surface area contributed by atoms with Crippen LogP contribution in [0.3, 0.4) is 0 Å². The number of ether oxygens (including phenoxy) is 1. The summed E-state index contributed by atoms with van der Waals surface area (Å²) in [6.07, 6.45) is 9.54. The van der Waals surface area contributed by atoms with Crippen molar-refractivity contribution in [1.29, 1.82) is 0 Å². The number of rotatable bonds is 2. The maximum Gasteiger partial charge on any atom is 0.249 e. The Morgan fingerprint density at radius 2 is 2.43 bits per heavy atom. The first-order chi connectivity index (χ1) is 10.3. The third-order valence-electron chi connectivity index (χ3n) is 4.88. The summed E-state index contributed by atoms with van der Waals surface area (Å²) in [5.41, 5.74) is 1.02. The Bertz CT molecular complexity index is 555. The summed E-state index contributed by atoms with van der Waals surface area (Å²) in [6, 6.07) is 0. The molecule has 0 spiro atoms. The molecule has 5 heteroatoms. The highest BCUT2D eigenvalue weighted by molar-refractivity contribution is 7.09. The number of fused-ring (bicyclic) bond motifs is 1. The third kappa shape index (κ3) is 2.53. The van der Waals surface area contributed by atoms with Crippen LogP contribution in [-0.2, 0) is 9.53 Å². The minimum Gasteiger partial charge on any atom is -0.366 e. The maximum atomic E-state index is 12.5. The minimum absolute atomic E-state index is 0.140. The fraction of sp³-hybridized carbons (Fsp3) is 0.625. The molecule has 0 radical (unpaired) electrons. The van der Waals surface area contributed by atoms with Crippen LogP contribution in [-0.4, -0.2) is 35.0 Å². The number of thiazole rings is 1. The van der Waals surface area contributed by atoms with E-state index in [2.05, 4.69) is 11.1 Å². The van der Waals surface area contributed by atoms with Gasteiger partial charge in [0.05, 0.1) is 6.10 Å². The van der Waals surface area contributed by atoms with Gasteiger partial charge in [-0.15, -0.1) is 11.3 Å². The topological polar surface area (TPSA) is 42.4 Å². The number of hydrogen-bond acceptors (Lipinski definition) is 4. The van der Waals surface area contributed by atoms with Crippen molar-refractivity contribution in [3.8, 4) is 0 Å². The SMILES string of the molecule is O=C(C1=CCCC1)N1CC[C@H]2C[C@@H](c3nccs3)O[C@@H]2C1. The third-order valence-corrected chi connectivity index (χ3v) is 5.75. The van der Waals surface area contributed by atoms with Crippen LogP contribution in [0.25, 0.3) is 0 Å². The Morgan fingerprint density at radius 1 is 1.48 bits per heavy atom. The van der Waals surface area contributed by atoms with Crippen molar-refractivity contribution in [3.63, 3.8) is 0 Å². The number of piperidine rings is 1. The molecular formula is C16H20N2O2S. The van der Waals surface area contributed by atoms with Crippen molar-refractivity contribution >= 4 is 17.2 Å². The average Bonchev–Trinajstić information content (AvgIpc) is 3.24. The van der Waals surface area contributed by atoms with Crippen molar-refractivity contribution in [1.82, 2.24) is 9.88 Å². The van der Waals surface area contributed by atoms with Gasteiger partial charge in [0.2, 0.25) is 5.91 Å². The first-order valence-corrected chi connectivity index (χ1v) is 8.72. The predicted octanol–water partition coefficient (Wildman–Crippen LogP) is 2.93. The van der Waals surface area contributed by atoms with Gasteiger partial charge in [-0.3, -0.25) is 4.79 Å². The molecule has 1 aliphatic carbocycles. The lowest BCUT2D eigenvalue weighted by Crippen LogP contribution is -2.45. The van der Waals surface area contributed by atoms with Gasteiger partial charge in [0.25, 0.3) is 0 Å². The molecule has 2 saturated heterocycles. The monoisotopic (exact) mass is 304 g/mol. The van der Waals surface area contributed by atoms with Gasteiger partial charge in [0.1, 0.15) is 11.1 Å². The second-order valence-corrected chi connectivity index (χ2v) is 7.12. The molecule has 0 unspecified atom stereocenters. The van der Waals surface area contributed by atoms with Crippen LogP contribution in [0.2, 0.25) is 0 Å². The number of amides is 1. The summed E-state index contributed by atoms with van der Waals surface area (Å²) in [6.45, 7) is 1.63. The minimum atomic E-state index is 0.140. The molecule has 4 rings (SSSR count). The Labute approximate surface area is 128 Å². The van der Waals surface area contributed by atoms with Gasteiger partial charge in [-0.1, -0.05) is 6.08 Å². The van der Waals surface area contributed by atoms with Crippen LogP contribution >= 0.6 is 11.3 Å². The first-order valence-electron chi connectivity index (χ1n) is 7.84. The predicted molar refractivity (Wildman–Crippen MR) is 81.0 cm³/mol. The average molecular weight is 304 g/mol. The normalized spacial score (nSPS) is 32.1. The number of aromatic nitrogens is 1. The Balaban J connectivity index is 1.42. The van der Waals surface area contributed by atoms with Gasteiger partial charge >= 0.3 is 0 Å². The summed E-state index contributed by atoms with van der Waals surface area (Å²) >= 11 is 1.67. The summed E-state index contributed by atoms with van der Waals surface area (Å²) in [5, 5.41) is 3.09. The van der Waals surface area contributed by atoms with Crippen molar-refractivity contribution in [2.45, 2.75) is 44.3 Å². The molecule has 0 bridgehead atoms. The largest absolute Gasteiger partial charge is 0.366 e. The van der Waals surface area contributed by atoms with E-state index in [9.17, 15) is 4.79 Å². The van der Waals surface area contributed by atoms with E-state index in [1.54, 1.807) is 11.3 Å². The summed E-state index contributed by atoms with van der Waals surface area (Å²) in [7, 11) is 0. The van der Waals surface area contributed by atoms with Gasteiger partial charge in [0, 0.05) is 30.2 Å². The second kappa shape index (κ2) is 5.54. The highest BCUT2D eigenvalue weighted by Gasteiger charge is 2.41. The van der Waals surface area contributed by atoms with Gasteiger partial charge in [-0.05, 0) is 38.0 Å². The summed E-state index contributed by atoms with van der Waals surface area (Å²) < 4.78 is 6.19. The van der Waals surface area contributed by atoms with Crippen molar-refractivity contribution < 1.29 is 9.53 Å². The molecule has 0 N–H and O–H groups in total. The Morgan fingerprint density at radius 3 is 3.19 bits per heavy atom. The van der Waals surface area contributed by atoms with Crippen LogP contribution in [0.1, 0.15) is 43.2 Å². The van der Waals surface area contributed by atoms with E-state index in [-0.39, 0.29) is 18.1 Å². The first kappa shape index (κ1) is 13.5. The molecule has 3 atom stereocenters. The molecule has 1 aromatic heterocycles. The molecule has 1 aromatic rings. The van der Waals surface area contributed by atoms with Crippen molar-refractivity contribution in [2.75, 3.05) is 13.1 Å². The molecule has 3 heterocycles. The molecule has 2 fully saturated rings. The van der Waals surface area contributed by atoms with Crippen LogP contribution in [0.15, 0.2) is 23.2 Å². The fourth-order valence-electron chi connectivity index (χ4n) is 3.74. The molecule has 2 aliphatic heterocycles. The fourth-order valence-corrected chi connectivity index (χ4v) is 4.42. The molecule has 0 saturated carbocycles. The zero-order chi connectivity index (χ0) is 14.2. The van der Waals surface area contributed by atoms with Crippen LogP contribution < -0.4 is 0 Å². The molecular weight excluding hydrogens is 284 g/mol. The Hall–Kier alpha value is -1.20. The smallest absolute Gasteiger partial charge is 0.249 e. The zero-order valence-electron chi connectivity index (χ0n) is 12.0.